The largest absolute Gasteiger partial charge is 0.508 e. The van der Waals surface area contributed by atoms with Crippen molar-refractivity contribution in [3.8, 4) is 17.2 Å². The lowest BCUT2D eigenvalue weighted by molar-refractivity contribution is -0.153. The second kappa shape index (κ2) is 3.65. The molecule has 0 unspecified atom stereocenters. The monoisotopic (exact) mass is 208 g/mol. The predicted octanol–water partition coefficient (Wildman–Crippen LogP) is 2.04. The van der Waals surface area contributed by atoms with Crippen LogP contribution in [0.3, 0.4) is 0 Å². The zero-order valence-electron chi connectivity index (χ0n) is 6.88. The van der Waals surface area contributed by atoms with E-state index in [9.17, 15) is 13.2 Å². The number of phenols is 2. The lowest BCUT2D eigenvalue weighted by Crippen LogP contribution is -2.19. The minimum atomic E-state index is -4.44. The highest BCUT2D eigenvalue weighted by molar-refractivity contribution is 5.40. The van der Waals surface area contributed by atoms with Crippen LogP contribution >= 0.6 is 0 Å². The molecule has 0 atom stereocenters. The normalized spacial score (nSPS) is 11.4. The number of alkyl halides is 3. The molecular formula is C8H7F3O3. The zero-order valence-corrected chi connectivity index (χ0v) is 6.88. The van der Waals surface area contributed by atoms with Crippen LogP contribution < -0.4 is 4.74 Å². The molecule has 6 heteroatoms. The van der Waals surface area contributed by atoms with Gasteiger partial charge in [-0.2, -0.15) is 13.2 Å². The average Bonchev–Trinajstić information content (AvgIpc) is 1.97. The minimum absolute atomic E-state index is 0.236. The molecule has 14 heavy (non-hydrogen) atoms. The molecule has 0 aliphatic rings. The predicted molar refractivity (Wildman–Crippen MR) is 41.3 cm³/mol. The highest BCUT2D eigenvalue weighted by atomic mass is 19.4. The summed E-state index contributed by atoms with van der Waals surface area (Å²) in [5.41, 5.74) is 0. The maximum absolute atomic E-state index is 11.7. The third-order valence-corrected chi connectivity index (χ3v) is 1.28. The van der Waals surface area contributed by atoms with Gasteiger partial charge in [-0.3, -0.25) is 0 Å². The topological polar surface area (TPSA) is 49.7 Å². The van der Waals surface area contributed by atoms with Crippen molar-refractivity contribution in [2.75, 3.05) is 6.61 Å². The fourth-order valence-electron chi connectivity index (χ4n) is 0.817. The van der Waals surface area contributed by atoms with Crippen LogP contribution in [-0.2, 0) is 0 Å². The maximum Gasteiger partial charge on any atom is 0.422 e. The van der Waals surface area contributed by atoms with E-state index in [0.717, 1.165) is 18.2 Å². The van der Waals surface area contributed by atoms with Gasteiger partial charge < -0.3 is 14.9 Å². The van der Waals surface area contributed by atoms with Crippen LogP contribution in [0.15, 0.2) is 18.2 Å². The van der Waals surface area contributed by atoms with Gasteiger partial charge in [0.25, 0.3) is 0 Å². The summed E-state index contributed by atoms with van der Waals surface area (Å²) in [6.07, 6.45) is -4.44. The summed E-state index contributed by atoms with van der Waals surface area (Å²) in [5, 5.41) is 17.8. The quantitative estimate of drug-likeness (QED) is 0.781. The number of benzene rings is 1. The molecular weight excluding hydrogens is 201 g/mol. The number of halogens is 3. The number of hydrogen-bond donors (Lipinski definition) is 2. The molecule has 0 amide bonds. The van der Waals surface area contributed by atoms with E-state index in [1.165, 1.54) is 0 Å². The number of rotatable bonds is 2. The molecule has 0 saturated heterocycles. The van der Waals surface area contributed by atoms with E-state index >= 15 is 0 Å². The summed E-state index contributed by atoms with van der Waals surface area (Å²) in [5.74, 6) is -0.954. The summed E-state index contributed by atoms with van der Waals surface area (Å²) < 4.78 is 39.4. The molecule has 1 aromatic rings. The molecule has 0 aromatic heterocycles. The van der Waals surface area contributed by atoms with Crippen molar-refractivity contribution in [1.82, 2.24) is 0 Å². The van der Waals surface area contributed by atoms with E-state index in [1.54, 1.807) is 0 Å². The van der Waals surface area contributed by atoms with Gasteiger partial charge in [0.05, 0.1) is 0 Å². The Balaban J connectivity index is 2.68. The first-order valence-electron chi connectivity index (χ1n) is 3.59. The van der Waals surface area contributed by atoms with Gasteiger partial charge in [-0.1, -0.05) is 0 Å². The molecule has 78 valence electrons. The highest BCUT2D eigenvalue weighted by Crippen LogP contribution is 2.27. The molecule has 3 nitrogen and oxygen atoms in total. The lowest BCUT2D eigenvalue weighted by atomic mass is 10.3. The highest BCUT2D eigenvalue weighted by Gasteiger charge is 2.28. The van der Waals surface area contributed by atoms with Crippen molar-refractivity contribution in [3.63, 3.8) is 0 Å². The van der Waals surface area contributed by atoms with Crippen molar-refractivity contribution < 1.29 is 28.1 Å². The Hall–Kier alpha value is -1.59. The van der Waals surface area contributed by atoms with E-state index in [1.807, 2.05) is 0 Å². The SMILES string of the molecule is Oc1cc(O)cc(OCC(F)(F)F)c1. The van der Waals surface area contributed by atoms with Crippen LogP contribution in [0.5, 0.6) is 17.2 Å². The molecule has 0 saturated carbocycles. The van der Waals surface area contributed by atoms with Crippen LogP contribution in [0.2, 0.25) is 0 Å². The molecule has 1 aromatic carbocycles. The summed E-state index contributed by atoms with van der Waals surface area (Å²) in [6.45, 7) is -1.46. The second-order valence-corrected chi connectivity index (χ2v) is 2.59. The first-order valence-corrected chi connectivity index (χ1v) is 3.59. The first-order chi connectivity index (χ1) is 6.37. The molecule has 0 bridgehead atoms. The Morgan fingerprint density at radius 1 is 1.07 bits per heavy atom. The van der Waals surface area contributed by atoms with Gasteiger partial charge in [-0.05, 0) is 0 Å². The summed E-state index contributed by atoms with van der Waals surface area (Å²) >= 11 is 0. The first kappa shape index (κ1) is 10.5. The third-order valence-electron chi connectivity index (χ3n) is 1.28. The van der Waals surface area contributed by atoms with Gasteiger partial charge >= 0.3 is 6.18 Å². The van der Waals surface area contributed by atoms with Gasteiger partial charge in [0.1, 0.15) is 17.2 Å². The zero-order chi connectivity index (χ0) is 10.8. The van der Waals surface area contributed by atoms with E-state index in [0.29, 0.717) is 0 Å². The smallest absolute Gasteiger partial charge is 0.422 e. The van der Waals surface area contributed by atoms with Gasteiger partial charge in [0.15, 0.2) is 6.61 Å². The fraction of sp³-hybridized carbons (Fsp3) is 0.250. The molecule has 2 N–H and O–H groups in total. The minimum Gasteiger partial charge on any atom is -0.508 e. The average molecular weight is 208 g/mol. The fourth-order valence-corrected chi connectivity index (χ4v) is 0.817. The summed E-state index contributed by atoms with van der Waals surface area (Å²) in [6, 6.07) is 2.94. The lowest BCUT2D eigenvalue weighted by Gasteiger charge is -2.09. The van der Waals surface area contributed by atoms with E-state index < -0.39 is 12.8 Å². The van der Waals surface area contributed by atoms with Gasteiger partial charge in [-0.25, -0.2) is 0 Å². The van der Waals surface area contributed by atoms with Crippen molar-refractivity contribution >= 4 is 0 Å². The van der Waals surface area contributed by atoms with Gasteiger partial charge in [0, 0.05) is 18.2 Å². The van der Waals surface area contributed by atoms with Gasteiger partial charge in [-0.15, -0.1) is 0 Å². The van der Waals surface area contributed by atoms with Crippen LogP contribution in [0.1, 0.15) is 0 Å². The van der Waals surface area contributed by atoms with Gasteiger partial charge in [0.2, 0.25) is 0 Å². The summed E-state index contributed by atoms with van der Waals surface area (Å²) in [7, 11) is 0. The Morgan fingerprint density at radius 2 is 1.57 bits per heavy atom. The van der Waals surface area contributed by atoms with Crippen LogP contribution in [-0.4, -0.2) is 23.0 Å². The number of ether oxygens (including phenoxy) is 1. The summed E-state index contributed by atoms with van der Waals surface area (Å²) in [4.78, 5) is 0. The van der Waals surface area contributed by atoms with Crippen LogP contribution in [0.25, 0.3) is 0 Å². The van der Waals surface area contributed by atoms with E-state index in [-0.39, 0.29) is 17.2 Å². The van der Waals surface area contributed by atoms with Crippen LogP contribution in [0.4, 0.5) is 13.2 Å². The van der Waals surface area contributed by atoms with E-state index in [4.69, 9.17) is 10.2 Å². The Bertz CT molecular complexity index is 302. The number of phenolic OH excluding ortho intramolecular Hbond substituents is 2. The van der Waals surface area contributed by atoms with Crippen molar-refractivity contribution in [1.29, 1.82) is 0 Å². The Morgan fingerprint density at radius 3 is 2.00 bits per heavy atom. The van der Waals surface area contributed by atoms with Crippen molar-refractivity contribution in [2.24, 2.45) is 0 Å². The van der Waals surface area contributed by atoms with Crippen LogP contribution in [0, 0.1) is 0 Å². The second-order valence-electron chi connectivity index (χ2n) is 2.59. The number of hydrogen-bond acceptors (Lipinski definition) is 3. The maximum atomic E-state index is 11.7. The molecule has 0 heterocycles. The molecule has 0 fully saturated rings. The third kappa shape index (κ3) is 3.42. The Kier molecular flexibility index (Phi) is 2.73. The van der Waals surface area contributed by atoms with Crippen molar-refractivity contribution in [2.45, 2.75) is 6.18 Å². The van der Waals surface area contributed by atoms with E-state index in [2.05, 4.69) is 4.74 Å². The molecule has 0 radical (unpaired) electrons. The van der Waals surface area contributed by atoms with Crippen molar-refractivity contribution in [3.05, 3.63) is 18.2 Å². The standard InChI is InChI=1S/C8H7F3O3/c9-8(10,11)4-14-7-2-5(12)1-6(13)3-7/h1-3,12-13H,4H2. The Labute approximate surface area is 77.4 Å². The molecule has 0 spiro atoms. The number of aromatic hydroxyl groups is 2. The molecule has 0 aliphatic carbocycles. The molecule has 1 rings (SSSR count). The molecule has 0 aliphatic heterocycles.